The topological polar surface area (TPSA) is 106 Å². The lowest BCUT2D eigenvalue weighted by atomic mass is 10.2. The van der Waals surface area contributed by atoms with Crippen LogP contribution in [-0.2, 0) is 10.0 Å². The maximum Gasteiger partial charge on any atom is 0.269 e. The lowest BCUT2D eigenvalue weighted by Crippen LogP contribution is -2.13. The molecule has 1 N–H and O–H groups in total. The van der Waals surface area contributed by atoms with E-state index in [0.29, 0.717) is 11.8 Å². The molecule has 2 aromatic rings. The molecule has 0 aliphatic heterocycles. The molecule has 7 nitrogen and oxygen atoms in total. The summed E-state index contributed by atoms with van der Waals surface area (Å²) >= 11 is 0. The lowest BCUT2D eigenvalue weighted by Gasteiger charge is -2.08. The van der Waals surface area contributed by atoms with E-state index in [1.807, 2.05) is 0 Å². The monoisotopic (exact) mass is 306 g/mol. The van der Waals surface area contributed by atoms with Crippen molar-refractivity contribution < 1.29 is 18.1 Å². The number of nitrogens with one attached hydrogen (secondary N) is 1. The molecule has 0 amide bonds. The van der Waals surface area contributed by atoms with Crippen molar-refractivity contribution in [1.29, 1.82) is 0 Å². The van der Waals surface area contributed by atoms with Gasteiger partial charge in [-0.05, 0) is 24.3 Å². The largest absolute Gasteiger partial charge is 0.298 e. The van der Waals surface area contributed by atoms with Crippen LogP contribution in [0.2, 0.25) is 0 Å². The second-order valence-corrected chi connectivity index (χ2v) is 5.78. The second-order valence-electron chi connectivity index (χ2n) is 4.10. The third kappa shape index (κ3) is 3.42. The molecule has 0 radical (unpaired) electrons. The lowest BCUT2D eigenvalue weighted by molar-refractivity contribution is -0.384. The van der Waals surface area contributed by atoms with Crippen LogP contribution in [0.15, 0.2) is 53.4 Å². The predicted octanol–water partition coefficient (Wildman–Crippen LogP) is 2.21. The summed E-state index contributed by atoms with van der Waals surface area (Å²) in [5, 5.41) is 10.5. The Kier molecular flexibility index (Phi) is 3.99. The zero-order valence-corrected chi connectivity index (χ0v) is 11.4. The van der Waals surface area contributed by atoms with Crippen molar-refractivity contribution in [2.45, 2.75) is 4.90 Å². The average molecular weight is 306 g/mol. The first-order valence-corrected chi connectivity index (χ1v) is 7.23. The van der Waals surface area contributed by atoms with E-state index in [1.165, 1.54) is 24.3 Å². The van der Waals surface area contributed by atoms with Gasteiger partial charge in [0.2, 0.25) is 0 Å². The zero-order chi connectivity index (χ0) is 15.5. The number of non-ortho nitro benzene ring substituents is 1. The Balaban J connectivity index is 2.29. The molecule has 2 aromatic carbocycles. The summed E-state index contributed by atoms with van der Waals surface area (Å²) in [6.07, 6.45) is 0.601. The molecule has 2 rings (SSSR count). The predicted molar refractivity (Wildman–Crippen MR) is 75.7 cm³/mol. The number of hydrogen-bond acceptors (Lipinski definition) is 5. The van der Waals surface area contributed by atoms with E-state index in [-0.39, 0.29) is 16.3 Å². The van der Waals surface area contributed by atoms with Crippen LogP contribution in [0.1, 0.15) is 10.4 Å². The van der Waals surface area contributed by atoms with Gasteiger partial charge in [-0.3, -0.25) is 19.6 Å². The van der Waals surface area contributed by atoms with Gasteiger partial charge in [-0.15, -0.1) is 0 Å². The van der Waals surface area contributed by atoms with Crippen molar-refractivity contribution in [2.75, 3.05) is 4.72 Å². The Morgan fingerprint density at radius 3 is 2.33 bits per heavy atom. The van der Waals surface area contributed by atoms with Gasteiger partial charge in [0.05, 0.1) is 9.82 Å². The fourth-order valence-electron chi connectivity index (χ4n) is 1.64. The van der Waals surface area contributed by atoms with Crippen molar-refractivity contribution in [3.05, 3.63) is 64.2 Å². The minimum absolute atomic E-state index is 0.107. The van der Waals surface area contributed by atoms with E-state index >= 15 is 0 Å². The van der Waals surface area contributed by atoms with Gasteiger partial charge in [0.25, 0.3) is 15.7 Å². The first-order valence-electron chi connectivity index (χ1n) is 5.75. The molecule has 8 heteroatoms. The maximum atomic E-state index is 12.1. The number of aldehydes is 1. The van der Waals surface area contributed by atoms with Crippen LogP contribution in [0.25, 0.3) is 0 Å². The number of nitrogens with zero attached hydrogens (tertiary/aromatic N) is 1. The Labute approximate surface area is 120 Å². The van der Waals surface area contributed by atoms with E-state index in [4.69, 9.17) is 0 Å². The van der Waals surface area contributed by atoms with Crippen molar-refractivity contribution in [3.8, 4) is 0 Å². The van der Waals surface area contributed by atoms with E-state index in [1.54, 1.807) is 0 Å². The molecule has 0 aromatic heterocycles. The first-order chi connectivity index (χ1) is 9.92. The minimum atomic E-state index is -3.87. The molecule has 0 saturated heterocycles. The van der Waals surface area contributed by atoms with E-state index in [9.17, 15) is 23.3 Å². The fourth-order valence-corrected chi connectivity index (χ4v) is 2.69. The highest BCUT2D eigenvalue weighted by atomic mass is 32.2. The van der Waals surface area contributed by atoms with E-state index < -0.39 is 14.9 Å². The highest BCUT2D eigenvalue weighted by Crippen LogP contribution is 2.19. The summed E-state index contributed by atoms with van der Waals surface area (Å²) in [5.74, 6) is 0. The number of carbonyl (C=O) groups is 1. The molecule has 0 heterocycles. The normalized spacial score (nSPS) is 10.9. The Morgan fingerprint density at radius 1 is 1.10 bits per heavy atom. The number of nitro benzene ring substituents is 1. The average Bonchev–Trinajstić information content (AvgIpc) is 2.47. The Bertz CT molecular complexity index is 784. The summed E-state index contributed by atoms with van der Waals surface area (Å²) in [4.78, 5) is 20.5. The molecule has 0 atom stereocenters. The SMILES string of the molecule is O=Cc1cccc(NS(=O)(=O)c2ccc([N+](=O)[O-])cc2)c1. The first kappa shape index (κ1) is 14.7. The summed E-state index contributed by atoms with van der Waals surface area (Å²) in [6, 6.07) is 10.5. The van der Waals surface area contributed by atoms with Crippen molar-refractivity contribution >= 4 is 27.7 Å². The molecular weight excluding hydrogens is 296 g/mol. The van der Waals surface area contributed by atoms with Gasteiger partial charge in [-0.1, -0.05) is 12.1 Å². The fraction of sp³-hybridized carbons (Fsp3) is 0. The highest BCUT2D eigenvalue weighted by molar-refractivity contribution is 7.92. The third-order valence-electron chi connectivity index (χ3n) is 2.63. The number of benzene rings is 2. The number of rotatable bonds is 5. The summed E-state index contributed by atoms with van der Waals surface area (Å²) < 4.78 is 26.5. The molecule has 0 saturated carbocycles. The standard InChI is InChI=1S/C13H10N2O5S/c16-9-10-2-1-3-11(8-10)14-21(19,20)13-6-4-12(5-7-13)15(17)18/h1-9,14H. The number of sulfonamides is 1. The van der Waals surface area contributed by atoms with Crippen LogP contribution >= 0.6 is 0 Å². The summed E-state index contributed by atoms with van der Waals surface area (Å²) in [7, 11) is -3.87. The maximum absolute atomic E-state index is 12.1. The van der Waals surface area contributed by atoms with Crippen molar-refractivity contribution in [2.24, 2.45) is 0 Å². The van der Waals surface area contributed by atoms with Crippen LogP contribution in [0.5, 0.6) is 0 Å². The highest BCUT2D eigenvalue weighted by Gasteiger charge is 2.16. The second kappa shape index (κ2) is 5.71. The molecule has 0 aliphatic carbocycles. The molecule has 0 unspecified atom stereocenters. The third-order valence-corrected chi connectivity index (χ3v) is 4.03. The van der Waals surface area contributed by atoms with Gasteiger partial charge >= 0.3 is 0 Å². The van der Waals surface area contributed by atoms with Crippen LogP contribution in [-0.4, -0.2) is 19.6 Å². The molecule has 0 spiro atoms. The van der Waals surface area contributed by atoms with Gasteiger partial charge in [0.15, 0.2) is 0 Å². The van der Waals surface area contributed by atoms with Gasteiger partial charge in [-0.25, -0.2) is 8.42 Å². The smallest absolute Gasteiger partial charge is 0.269 e. The number of hydrogen-bond donors (Lipinski definition) is 1. The van der Waals surface area contributed by atoms with Crippen LogP contribution < -0.4 is 4.72 Å². The van der Waals surface area contributed by atoms with Crippen LogP contribution in [0.4, 0.5) is 11.4 Å². The summed E-state index contributed by atoms with van der Waals surface area (Å²) in [5.41, 5.74) is 0.369. The minimum Gasteiger partial charge on any atom is -0.298 e. The van der Waals surface area contributed by atoms with Gasteiger partial charge in [0.1, 0.15) is 6.29 Å². The van der Waals surface area contributed by atoms with Gasteiger partial charge in [-0.2, -0.15) is 0 Å². The Hall–Kier alpha value is -2.74. The number of nitro groups is 1. The van der Waals surface area contributed by atoms with Gasteiger partial charge < -0.3 is 0 Å². The van der Waals surface area contributed by atoms with Crippen LogP contribution in [0, 0.1) is 10.1 Å². The molecule has 21 heavy (non-hydrogen) atoms. The Morgan fingerprint density at radius 2 is 1.76 bits per heavy atom. The molecule has 0 fully saturated rings. The van der Waals surface area contributed by atoms with Gasteiger partial charge in [0, 0.05) is 23.4 Å². The summed E-state index contributed by atoms with van der Waals surface area (Å²) in [6.45, 7) is 0. The zero-order valence-electron chi connectivity index (χ0n) is 10.6. The van der Waals surface area contributed by atoms with E-state index in [2.05, 4.69) is 4.72 Å². The van der Waals surface area contributed by atoms with Crippen molar-refractivity contribution in [3.63, 3.8) is 0 Å². The number of carbonyl (C=O) groups excluding carboxylic acids is 1. The molecule has 108 valence electrons. The van der Waals surface area contributed by atoms with E-state index in [0.717, 1.165) is 24.3 Å². The molecule has 0 aliphatic rings. The molecule has 0 bridgehead atoms. The number of anilines is 1. The molecular formula is C13H10N2O5S. The quantitative estimate of drug-likeness (QED) is 0.518. The van der Waals surface area contributed by atoms with Crippen molar-refractivity contribution in [1.82, 2.24) is 0 Å². The van der Waals surface area contributed by atoms with Crippen LogP contribution in [0.3, 0.4) is 0 Å².